The van der Waals surface area contributed by atoms with Gasteiger partial charge in [-0.3, -0.25) is 0 Å². The van der Waals surface area contributed by atoms with Crippen molar-refractivity contribution in [3.05, 3.63) is 376 Å². The highest BCUT2D eigenvalue weighted by Gasteiger charge is 2.49. The Balaban J connectivity index is 0.735. The Morgan fingerprint density at radius 3 is 1.36 bits per heavy atom. The average Bonchev–Trinajstić information content (AvgIpc) is 1.58. The molecule has 13 aromatic rings. The molecule has 1 heteroatoms. The molecule has 4 aliphatic carbocycles. The molecule has 0 N–H and O–H groups in total. The highest BCUT2D eigenvalue weighted by Crippen LogP contribution is 2.60. The quantitative estimate of drug-likeness (QED) is 0.127. The topological polar surface area (TPSA) is 4.93 Å². The molecule has 0 amide bonds. The van der Waals surface area contributed by atoms with Crippen LogP contribution in [0.4, 0.5) is 0 Å². The number of benzene rings is 12. The van der Waals surface area contributed by atoms with Gasteiger partial charge in [-0.15, -0.1) is 0 Å². The smallest absolute Gasteiger partial charge is 0.0713 e. The highest BCUT2D eigenvalue weighted by atomic mass is 15.0. The zero-order chi connectivity index (χ0) is 58.0. The summed E-state index contributed by atoms with van der Waals surface area (Å²) in [5.74, 6) is 0.906. The fourth-order valence-electron chi connectivity index (χ4n) is 16.3. The molecule has 0 saturated carbocycles. The van der Waals surface area contributed by atoms with Crippen LogP contribution in [0.5, 0.6) is 0 Å². The molecule has 87 heavy (non-hydrogen) atoms. The molecule has 0 bridgehead atoms. The lowest BCUT2D eigenvalue weighted by Gasteiger charge is -2.35. The van der Waals surface area contributed by atoms with Gasteiger partial charge in [0.05, 0.1) is 21.9 Å². The molecule has 0 aliphatic heterocycles. The van der Waals surface area contributed by atoms with Crippen LogP contribution in [-0.2, 0) is 16.2 Å². The maximum Gasteiger partial charge on any atom is 0.0713 e. The van der Waals surface area contributed by atoms with Crippen molar-refractivity contribution in [1.29, 1.82) is 0 Å². The van der Waals surface area contributed by atoms with Crippen molar-refractivity contribution in [2.45, 2.75) is 42.9 Å². The van der Waals surface area contributed by atoms with E-state index in [1.165, 1.54) is 139 Å². The van der Waals surface area contributed by atoms with Crippen LogP contribution >= 0.6 is 0 Å². The minimum atomic E-state index is -0.593. The molecule has 1 nitrogen and oxygen atoms in total. The van der Waals surface area contributed by atoms with Crippen molar-refractivity contribution in [1.82, 2.24) is 4.57 Å². The number of hydrogen-bond donors (Lipinski definition) is 0. The summed E-state index contributed by atoms with van der Waals surface area (Å²) in [7, 11) is 0. The van der Waals surface area contributed by atoms with Crippen LogP contribution in [0.25, 0.3) is 84.2 Å². The van der Waals surface area contributed by atoms with E-state index in [1.807, 2.05) is 0 Å². The Hall–Kier alpha value is -10.3. The maximum atomic E-state index is 2.52. The van der Waals surface area contributed by atoms with Crippen LogP contribution in [0.15, 0.2) is 303 Å². The summed E-state index contributed by atoms with van der Waals surface area (Å²) in [6.45, 7) is 7.06. The number of fused-ring (bicyclic) bond motifs is 12. The second-order valence-corrected chi connectivity index (χ2v) is 25.2. The standard InChI is InChI=1S/C86H63N/c1-56-32-44-70-71-46-41-61(53-80(71)85(78(70)50-56,63-20-8-4-9-21-63)64-22-10-5-11-23-64)62-42-47-73-72-45-40-60(52-79(72)86(81(73)54-62,65-24-12-6-13-25-65)66-26-14-7-15-27-66)59-38-35-57(36-39-59)33-34-58-37-49-83-75(51-58)74-29-17-19-31-82(74)87(83)67-43-48-69-68-28-16-18-30-76(68)84(2,3)77(69)55-67/h4-55,68,76H,1-3H3/b34-33+. The summed E-state index contributed by atoms with van der Waals surface area (Å²) >= 11 is 0. The van der Waals surface area contributed by atoms with Gasteiger partial charge in [-0.05, 0) is 178 Å². The van der Waals surface area contributed by atoms with Crippen LogP contribution in [0.3, 0.4) is 0 Å². The SMILES string of the molecule is Cc1ccc2c(c1)C(c1ccccc1)(c1ccccc1)c1cc(-c3ccc4c(c3)C(c3ccccc3)(c3ccccc3)c3cc(-c5ccc(/C=C/c6ccc7c(c6)c6ccccc6n7-c6ccc7c(c6)C(C)(C)C6C=CC=CC76)cc5)ccc3-4)ccc1-2. The molecular formula is C86H63N. The van der Waals surface area contributed by atoms with Crippen LogP contribution in [0.2, 0.25) is 0 Å². The third-order valence-electron chi connectivity index (χ3n) is 20.3. The normalized spacial score (nSPS) is 16.8. The first-order chi connectivity index (χ1) is 42.8. The molecule has 412 valence electrons. The van der Waals surface area contributed by atoms with Gasteiger partial charge in [-0.25, -0.2) is 0 Å². The summed E-state index contributed by atoms with van der Waals surface area (Å²) in [5.41, 5.74) is 29.3. The third-order valence-corrected chi connectivity index (χ3v) is 20.3. The van der Waals surface area contributed by atoms with Gasteiger partial charge in [0, 0.05) is 22.4 Å². The number of aromatic nitrogens is 1. The van der Waals surface area contributed by atoms with Crippen molar-refractivity contribution < 1.29 is 0 Å². The summed E-state index contributed by atoms with van der Waals surface area (Å²) in [6, 6.07) is 106. The van der Waals surface area contributed by atoms with Crippen molar-refractivity contribution in [3.63, 3.8) is 0 Å². The van der Waals surface area contributed by atoms with Gasteiger partial charge in [0.15, 0.2) is 0 Å². The number of rotatable bonds is 9. The van der Waals surface area contributed by atoms with Gasteiger partial charge in [0.1, 0.15) is 0 Å². The van der Waals surface area contributed by atoms with E-state index < -0.39 is 10.8 Å². The van der Waals surface area contributed by atoms with Gasteiger partial charge in [0.25, 0.3) is 0 Å². The number of allylic oxidation sites excluding steroid dienone is 4. The number of nitrogens with zero attached hydrogens (tertiary/aromatic N) is 1. The van der Waals surface area contributed by atoms with E-state index in [0.717, 1.165) is 5.56 Å². The van der Waals surface area contributed by atoms with E-state index in [-0.39, 0.29) is 5.41 Å². The monoisotopic (exact) mass is 1110 g/mol. The Kier molecular flexibility index (Phi) is 11.5. The molecule has 0 radical (unpaired) electrons. The second kappa shape index (κ2) is 19.6. The molecular weight excluding hydrogens is 1050 g/mol. The van der Waals surface area contributed by atoms with Crippen molar-refractivity contribution in [2.75, 3.05) is 0 Å². The maximum absolute atomic E-state index is 2.52. The molecule has 0 spiro atoms. The predicted octanol–water partition coefficient (Wildman–Crippen LogP) is 21.4. The molecule has 0 saturated heterocycles. The zero-order valence-corrected chi connectivity index (χ0v) is 49.1. The molecule has 0 fully saturated rings. The first kappa shape index (κ1) is 51.1. The van der Waals surface area contributed by atoms with Gasteiger partial charge in [-0.1, -0.05) is 286 Å². The lowest BCUT2D eigenvalue weighted by molar-refractivity contribution is 0.394. The lowest BCUT2D eigenvalue weighted by atomic mass is 9.66. The Bertz CT molecular complexity index is 4920. The van der Waals surface area contributed by atoms with Gasteiger partial charge >= 0.3 is 0 Å². The molecule has 4 aliphatic rings. The summed E-state index contributed by atoms with van der Waals surface area (Å²) in [4.78, 5) is 0. The number of para-hydroxylation sites is 1. The molecule has 1 heterocycles. The Morgan fingerprint density at radius 1 is 0.345 bits per heavy atom. The molecule has 2 unspecified atom stereocenters. The van der Waals surface area contributed by atoms with E-state index >= 15 is 0 Å². The largest absolute Gasteiger partial charge is 0.309 e. The van der Waals surface area contributed by atoms with E-state index in [9.17, 15) is 0 Å². The van der Waals surface area contributed by atoms with Gasteiger partial charge < -0.3 is 4.57 Å². The molecule has 17 rings (SSSR count). The Morgan fingerprint density at radius 2 is 0.793 bits per heavy atom. The number of hydrogen-bond acceptors (Lipinski definition) is 0. The van der Waals surface area contributed by atoms with E-state index in [0.29, 0.717) is 11.8 Å². The van der Waals surface area contributed by atoms with Crippen molar-refractivity contribution in [3.8, 4) is 50.2 Å². The van der Waals surface area contributed by atoms with E-state index in [1.54, 1.807) is 0 Å². The van der Waals surface area contributed by atoms with Gasteiger partial charge in [-0.2, -0.15) is 0 Å². The molecule has 1 aromatic heterocycles. The minimum Gasteiger partial charge on any atom is -0.309 e. The first-order valence-electron chi connectivity index (χ1n) is 30.9. The average molecular weight is 1110 g/mol. The van der Waals surface area contributed by atoms with Crippen LogP contribution in [0.1, 0.15) is 92.1 Å². The van der Waals surface area contributed by atoms with Crippen LogP contribution < -0.4 is 0 Å². The van der Waals surface area contributed by atoms with E-state index in [2.05, 4.69) is 341 Å². The lowest BCUT2D eigenvalue weighted by Crippen LogP contribution is -2.29. The van der Waals surface area contributed by atoms with Crippen molar-refractivity contribution in [2.24, 2.45) is 5.92 Å². The summed E-state index contributed by atoms with van der Waals surface area (Å²) in [5, 5.41) is 2.53. The van der Waals surface area contributed by atoms with Crippen molar-refractivity contribution >= 4 is 34.0 Å². The fourth-order valence-corrected chi connectivity index (χ4v) is 16.3. The highest BCUT2D eigenvalue weighted by molar-refractivity contribution is 6.10. The molecule has 12 aromatic carbocycles. The fraction of sp³-hybridized carbons (Fsp3) is 0.0930. The second-order valence-electron chi connectivity index (χ2n) is 25.2. The third kappa shape index (κ3) is 7.58. The predicted molar refractivity (Wildman–Crippen MR) is 364 cm³/mol. The van der Waals surface area contributed by atoms with Crippen LogP contribution in [0, 0.1) is 12.8 Å². The van der Waals surface area contributed by atoms with Gasteiger partial charge in [0.2, 0.25) is 0 Å². The summed E-state index contributed by atoms with van der Waals surface area (Å²) in [6.07, 6.45) is 13.8. The number of aryl methyl sites for hydroxylation is 1. The molecule has 2 atom stereocenters. The Labute approximate surface area is 510 Å². The van der Waals surface area contributed by atoms with Crippen LogP contribution in [-0.4, -0.2) is 4.57 Å². The summed E-state index contributed by atoms with van der Waals surface area (Å²) < 4.78 is 2.47. The first-order valence-corrected chi connectivity index (χ1v) is 30.9. The zero-order valence-electron chi connectivity index (χ0n) is 49.1. The minimum absolute atomic E-state index is 0.0453. The van der Waals surface area contributed by atoms with E-state index in [4.69, 9.17) is 0 Å².